The van der Waals surface area contributed by atoms with Crippen LogP contribution in [0.1, 0.15) is 17.5 Å². The molecule has 1 N–H and O–H groups in total. The van der Waals surface area contributed by atoms with Gasteiger partial charge in [-0.2, -0.15) is 0 Å². The van der Waals surface area contributed by atoms with Crippen LogP contribution in [0.5, 0.6) is 11.5 Å². The van der Waals surface area contributed by atoms with Crippen LogP contribution in [0.2, 0.25) is 0 Å². The maximum absolute atomic E-state index is 13.0. The van der Waals surface area contributed by atoms with Crippen molar-refractivity contribution >= 4 is 17.7 Å². The summed E-state index contributed by atoms with van der Waals surface area (Å²) in [6.45, 7) is 0.262. The molecule has 0 saturated carbocycles. The van der Waals surface area contributed by atoms with Gasteiger partial charge in [-0.05, 0) is 35.8 Å². The molecule has 28 heavy (non-hydrogen) atoms. The van der Waals surface area contributed by atoms with Gasteiger partial charge in [-0.25, -0.2) is 0 Å². The molecule has 1 spiro atoms. The van der Waals surface area contributed by atoms with E-state index >= 15 is 0 Å². The molecule has 1 amide bonds. The van der Waals surface area contributed by atoms with E-state index in [-0.39, 0.29) is 18.7 Å². The number of ether oxygens (including phenoxy) is 3. The molecule has 0 radical (unpaired) electrons. The minimum atomic E-state index is -1.72. The van der Waals surface area contributed by atoms with Crippen molar-refractivity contribution in [3.05, 3.63) is 35.4 Å². The quantitative estimate of drug-likeness (QED) is 0.747. The molecule has 1 saturated heterocycles. The maximum Gasteiger partial charge on any atom is 0.321 e. The molecule has 0 aromatic heterocycles. The van der Waals surface area contributed by atoms with Crippen LogP contribution in [0.15, 0.2) is 24.3 Å². The van der Waals surface area contributed by atoms with Gasteiger partial charge in [0.2, 0.25) is 0 Å². The van der Waals surface area contributed by atoms with Crippen LogP contribution in [-0.4, -0.2) is 61.6 Å². The summed E-state index contributed by atoms with van der Waals surface area (Å²) >= 11 is 0. The molecule has 3 atom stereocenters. The second kappa shape index (κ2) is 6.07. The Balaban J connectivity index is 2.09. The van der Waals surface area contributed by atoms with Crippen molar-refractivity contribution < 1.29 is 33.7 Å². The standard InChI is InChI=1S/C20H21NO7/c1-26-14-8-11-5-7-21-17(24)16(23)19(18(25)28-3)6-4-12(22)10-20(19,21)13(11)9-15(14)27-2/h4,6,8-9,16,23H,5,7,10H2,1-3H3/t16-,19+,20-/m1/s1. The van der Waals surface area contributed by atoms with Crippen LogP contribution in [0.3, 0.4) is 0 Å². The number of hydrogen-bond acceptors (Lipinski definition) is 7. The third-order valence-electron chi connectivity index (χ3n) is 6.22. The summed E-state index contributed by atoms with van der Waals surface area (Å²) in [4.78, 5) is 39.9. The third-order valence-corrected chi connectivity index (χ3v) is 6.22. The highest BCUT2D eigenvalue weighted by molar-refractivity contribution is 6.04. The molecule has 3 aliphatic rings. The molecule has 0 bridgehead atoms. The molecule has 4 rings (SSSR count). The molecular formula is C20H21NO7. The Morgan fingerprint density at radius 1 is 1.18 bits per heavy atom. The van der Waals surface area contributed by atoms with Gasteiger partial charge in [0.15, 0.2) is 23.4 Å². The smallest absolute Gasteiger partial charge is 0.321 e. The number of nitrogens with zero attached hydrogens (tertiary/aromatic N) is 1. The highest BCUT2D eigenvalue weighted by Crippen LogP contribution is 2.61. The van der Waals surface area contributed by atoms with Gasteiger partial charge in [0.05, 0.1) is 26.9 Å². The molecule has 1 aliphatic carbocycles. The molecule has 0 unspecified atom stereocenters. The number of methoxy groups -OCH3 is 3. The normalized spacial score (nSPS) is 30.4. The predicted octanol–water partition coefficient (Wildman–Crippen LogP) is 0.347. The van der Waals surface area contributed by atoms with E-state index in [1.54, 1.807) is 12.1 Å². The van der Waals surface area contributed by atoms with Crippen LogP contribution in [-0.2, 0) is 31.1 Å². The van der Waals surface area contributed by atoms with Crippen molar-refractivity contribution in [2.45, 2.75) is 24.5 Å². The third kappa shape index (κ3) is 1.95. The number of allylic oxidation sites excluding steroid dienone is 1. The Bertz CT molecular complexity index is 923. The van der Waals surface area contributed by atoms with Gasteiger partial charge in [-0.15, -0.1) is 0 Å². The van der Waals surface area contributed by atoms with E-state index < -0.39 is 28.9 Å². The number of hydrogen-bond donors (Lipinski definition) is 1. The number of aliphatic hydroxyl groups is 1. The summed E-state index contributed by atoms with van der Waals surface area (Å²) in [5, 5.41) is 10.9. The van der Waals surface area contributed by atoms with Gasteiger partial charge >= 0.3 is 5.97 Å². The van der Waals surface area contributed by atoms with Gasteiger partial charge in [-0.1, -0.05) is 6.08 Å². The summed E-state index contributed by atoms with van der Waals surface area (Å²) in [5.74, 6) is -0.675. The van der Waals surface area contributed by atoms with E-state index in [1.165, 1.54) is 38.4 Å². The number of aliphatic hydroxyl groups excluding tert-OH is 1. The Kier molecular flexibility index (Phi) is 4.01. The van der Waals surface area contributed by atoms with Crippen LogP contribution in [0.4, 0.5) is 0 Å². The van der Waals surface area contributed by atoms with Gasteiger partial charge in [-0.3, -0.25) is 14.4 Å². The van der Waals surface area contributed by atoms with Crippen molar-refractivity contribution in [2.24, 2.45) is 5.41 Å². The minimum absolute atomic E-state index is 0.135. The molecule has 1 aromatic rings. The molecule has 1 fully saturated rings. The highest BCUT2D eigenvalue weighted by atomic mass is 16.5. The molecule has 1 aromatic carbocycles. The SMILES string of the molecule is COC(=O)[C@@]12C=CC(=O)C[C@@]13c1cc(OC)c(OC)cc1CCN3C(=O)[C@H]2O. The Labute approximate surface area is 161 Å². The van der Waals surface area contributed by atoms with Gasteiger partial charge in [0.1, 0.15) is 5.41 Å². The van der Waals surface area contributed by atoms with Gasteiger partial charge in [0.25, 0.3) is 5.91 Å². The molecule has 2 heterocycles. The molecule has 148 valence electrons. The fourth-order valence-electron chi connectivity index (χ4n) is 5.01. The number of amides is 1. The lowest BCUT2D eigenvalue weighted by molar-refractivity contribution is -0.162. The van der Waals surface area contributed by atoms with E-state index in [1.807, 2.05) is 0 Å². The summed E-state index contributed by atoms with van der Waals surface area (Å²) in [6.07, 6.45) is 1.29. The van der Waals surface area contributed by atoms with Crippen molar-refractivity contribution in [1.29, 1.82) is 0 Å². The number of esters is 1. The van der Waals surface area contributed by atoms with E-state index in [0.29, 0.717) is 23.5 Å². The fourth-order valence-corrected chi connectivity index (χ4v) is 5.01. The van der Waals surface area contributed by atoms with Crippen LogP contribution in [0.25, 0.3) is 0 Å². The first kappa shape index (κ1) is 18.5. The number of rotatable bonds is 3. The lowest BCUT2D eigenvalue weighted by atomic mass is 9.58. The maximum atomic E-state index is 13.0. The number of benzene rings is 1. The van der Waals surface area contributed by atoms with Crippen molar-refractivity contribution in [3.8, 4) is 11.5 Å². The zero-order chi connectivity index (χ0) is 20.3. The minimum Gasteiger partial charge on any atom is -0.493 e. The van der Waals surface area contributed by atoms with Crippen LogP contribution >= 0.6 is 0 Å². The highest BCUT2D eigenvalue weighted by Gasteiger charge is 2.74. The summed E-state index contributed by atoms with van der Waals surface area (Å²) < 4.78 is 15.8. The van der Waals surface area contributed by atoms with Gasteiger partial charge in [0, 0.05) is 13.0 Å². The monoisotopic (exact) mass is 387 g/mol. The van der Waals surface area contributed by atoms with Crippen molar-refractivity contribution in [1.82, 2.24) is 4.90 Å². The zero-order valence-corrected chi connectivity index (χ0v) is 15.9. The molecule has 8 nitrogen and oxygen atoms in total. The summed E-state index contributed by atoms with van der Waals surface area (Å²) in [6, 6.07) is 3.48. The lowest BCUT2D eigenvalue weighted by Crippen LogP contribution is -2.61. The van der Waals surface area contributed by atoms with E-state index in [2.05, 4.69) is 0 Å². The van der Waals surface area contributed by atoms with E-state index in [0.717, 1.165) is 5.56 Å². The first-order valence-corrected chi connectivity index (χ1v) is 8.92. The number of carbonyl (C=O) groups is 3. The topological polar surface area (TPSA) is 102 Å². The Morgan fingerprint density at radius 2 is 1.86 bits per heavy atom. The van der Waals surface area contributed by atoms with Crippen molar-refractivity contribution in [2.75, 3.05) is 27.9 Å². The van der Waals surface area contributed by atoms with Gasteiger partial charge < -0.3 is 24.2 Å². The average Bonchev–Trinajstić information content (AvgIpc) is 2.91. The first-order chi connectivity index (χ1) is 13.4. The Morgan fingerprint density at radius 3 is 2.50 bits per heavy atom. The average molecular weight is 387 g/mol. The van der Waals surface area contributed by atoms with E-state index in [4.69, 9.17) is 14.2 Å². The second-order valence-corrected chi connectivity index (χ2v) is 7.20. The molecular weight excluding hydrogens is 366 g/mol. The summed E-state index contributed by atoms with van der Waals surface area (Å²) in [7, 11) is 4.20. The van der Waals surface area contributed by atoms with Crippen molar-refractivity contribution in [3.63, 3.8) is 0 Å². The number of fused-ring (bicyclic) bond motifs is 1. The number of ketones is 1. The molecule has 2 aliphatic heterocycles. The lowest BCUT2D eigenvalue weighted by Gasteiger charge is -2.51. The largest absolute Gasteiger partial charge is 0.493 e. The second-order valence-electron chi connectivity index (χ2n) is 7.20. The number of carbonyl (C=O) groups excluding carboxylic acids is 3. The Hall–Kier alpha value is -2.87. The fraction of sp³-hybridized carbons (Fsp3) is 0.450. The zero-order valence-electron chi connectivity index (χ0n) is 15.9. The summed E-state index contributed by atoms with van der Waals surface area (Å²) in [5.41, 5.74) is -1.69. The molecule has 8 heteroatoms. The first-order valence-electron chi connectivity index (χ1n) is 8.92. The van der Waals surface area contributed by atoms with Crippen LogP contribution in [0, 0.1) is 5.41 Å². The van der Waals surface area contributed by atoms with Crippen LogP contribution < -0.4 is 9.47 Å². The predicted molar refractivity (Wildman–Crippen MR) is 95.9 cm³/mol. The van der Waals surface area contributed by atoms with E-state index in [9.17, 15) is 19.5 Å².